The largest absolute Gasteiger partial charge is 0.393 e. The van der Waals surface area contributed by atoms with Gasteiger partial charge in [0.1, 0.15) is 0 Å². The molecule has 2 aromatic carbocycles. The number of thioether (sulfide) groups is 1. The minimum absolute atomic E-state index is 0.0327. The van der Waals surface area contributed by atoms with E-state index < -0.39 is 47.5 Å². The molecule has 5 aliphatic rings. The Morgan fingerprint density at radius 1 is 1.14 bits per heavy atom. The Hall–Kier alpha value is -2.46. The number of benzene rings is 2. The molecular formula is C35H37F3O5S. The summed E-state index contributed by atoms with van der Waals surface area (Å²) in [6.07, 6.45) is -1.03. The SMILES string of the molecule is CC12C=CC(=O)C=C1CCC1C2[C@@H](O)CC2(C)C1C[C@@H]1OC(CCC(F)(F)F)O[C@]12C(=O)SCc1ccc2ccccc2c1. The van der Waals surface area contributed by atoms with Gasteiger partial charge < -0.3 is 14.6 Å². The van der Waals surface area contributed by atoms with E-state index in [9.17, 15) is 27.9 Å². The standard InChI is InChI=1S/C35H37F3O5S/c1-32-13-11-24(39)16-23(32)9-10-25-26-17-28-35(33(26,2)18-27(40)30(25)32,43-29(42-28)12-14-34(36,37)38)31(41)44-19-20-7-8-21-5-3-4-6-22(21)15-20/h3-8,11,13,15-16,25-30,40H,9-10,12,14,17-19H2,1-2H3/t25?,26?,27-,28-,29?,30?,32?,33?,35-/m0/s1. The second-order valence-electron chi connectivity index (χ2n) is 13.8. The van der Waals surface area contributed by atoms with E-state index >= 15 is 0 Å². The zero-order valence-corrected chi connectivity index (χ0v) is 25.6. The van der Waals surface area contributed by atoms with Crippen LogP contribution in [0.1, 0.15) is 57.9 Å². The fourth-order valence-corrected chi connectivity index (χ4v) is 10.6. The molecule has 1 heterocycles. The van der Waals surface area contributed by atoms with Gasteiger partial charge in [0.05, 0.1) is 12.2 Å². The Bertz CT molecular complexity index is 1570. The van der Waals surface area contributed by atoms with Gasteiger partial charge in [0.2, 0.25) is 5.12 Å². The van der Waals surface area contributed by atoms with Gasteiger partial charge in [-0.2, -0.15) is 13.2 Å². The van der Waals surface area contributed by atoms with Gasteiger partial charge in [-0.15, -0.1) is 0 Å². The van der Waals surface area contributed by atoms with Crippen LogP contribution in [0, 0.1) is 28.6 Å². The van der Waals surface area contributed by atoms with Gasteiger partial charge in [0, 0.05) is 35.3 Å². The molecule has 1 saturated heterocycles. The predicted molar refractivity (Wildman–Crippen MR) is 161 cm³/mol. The Morgan fingerprint density at radius 3 is 2.68 bits per heavy atom. The molecule has 0 spiro atoms. The first-order valence-corrected chi connectivity index (χ1v) is 16.5. The summed E-state index contributed by atoms with van der Waals surface area (Å²) in [5, 5.41) is 13.8. The lowest BCUT2D eigenvalue weighted by Gasteiger charge is -2.59. The van der Waals surface area contributed by atoms with E-state index in [-0.39, 0.29) is 41.5 Å². The Balaban J connectivity index is 1.21. The molecule has 44 heavy (non-hydrogen) atoms. The van der Waals surface area contributed by atoms with Crippen molar-refractivity contribution in [2.45, 2.75) is 88.4 Å². The highest BCUT2D eigenvalue weighted by Crippen LogP contribution is 2.70. The minimum Gasteiger partial charge on any atom is -0.393 e. The maximum atomic E-state index is 14.5. The first-order chi connectivity index (χ1) is 20.8. The normalized spacial score (nSPS) is 39.4. The predicted octanol–water partition coefficient (Wildman–Crippen LogP) is 7.31. The summed E-state index contributed by atoms with van der Waals surface area (Å²) in [4.78, 5) is 26.7. The third kappa shape index (κ3) is 4.64. The van der Waals surface area contributed by atoms with Crippen LogP contribution in [0.4, 0.5) is 13.2 Å². The molecule has 4 fully saturated rings. The molecule has 0 radical (unpaired) electrons. The molecule has 0 bridgehead atoms. The zero-order chi connectivity index (χ0) is 31.1. The molecule has 1 aliphatic heterocycles. The van der Waals surface area contributed by atoms with E-state index in [2.05, 4.69) is 6.92 Å². The van der Waals surface area contributed by atoms with E-state index in [1.807, 2.05) is 55.5 Å². The van der Waals surface area contributed by atoms with Crippen LogP contribution in [0.3, 0.4) is 0 Å². The van der Waals surface area contributed by atoms with Crippen molar-refractivity contribution in [1.29, 1.82) is 0 Å². The van der Waals surface area contributed by atoms with Gasteiger partial charge in [0.25, 0.3) is 0 Å². The van der Waals surface area contributed by atoms with Gasteiger partial charge in [-0.25, -0.2) is 0 Å². The van der Waals surface area contributed by atoms with Gasteiger partial charge in [-0.1, -0.05) is 79.7 Å². The highest BCUT2D eigenvalue weighted by atomic mass is 32.2. The Morgan fingerprint density at radius 2 is 1.91 bits per heavy atom. The molecule has 234 valence electrons. The number of hydrogen-bond acceptors (Lipinski definition) is 6. The number of carbonyl (C=O) groups is 2. The second-order valence-corrected chi connectivity index (χ2v) is 14.7. The number of ketones is 1. The second kappa shape index (κ2) is 10.5. The fourth-order valence-electron chi connectivity index (χ4n) is 9.48. The lowest BCUT2D eigenvalue weighted by atomic mass is 9.46. The number of ether oxygens (including phenoxy) is 2. The molecule has 3 saturated carbocycles. The summed E-state index contributed by atoms with van der Waals surface area (Å²) in [5.74, 6) is 0.183. The minimum atomic E-state index is -4.37. The van der Waals surface area contributed by atoms with Crippen molar-refractivity contribution < 1.29 is 37.3 Å². The van der Waals surface area contributed by atoms with E-state index in [0.717, 1.165) is 40.1 Å². The summed E-state index contributed by atoms with van der Waals surface area (Å²) in [6.45, 7) is 4.07. The maximum absolute atomic E-state index is 14.5. The number of carbonyl (C=O) groups excluding carboxylic acids is 2. The van der Waals surface area contributed by atoms with Crippen LogP contribution in [-0.2, 0) is 24.8 Å². The number of fused-ring (bicyclic) bond motifs is 8. The Kier molecular flexibility index (Phi) is 7.24. The van der Waals surface area contributed by atoms with Gasteiger partial charge in [-0.3, -0.25) is 9.59 Å². The van der Waals surface area contributed by atoms with Crippen LogP contribution < -0.4 is 0 Å². The maximum Gasteiger partial charge on any atom is 0.389 e. The average Bonchev–Trinajstić information content (AvgIpc) is 3.47. The van der Waals surface area contributed by atoms with Crippen molar-refractivity contribution in [1.82, 2.24) is 0 Å². The van der Waals surface area contributed by atoms with Crippen LogP contribution >= 0.6 is 11.8 Å². The topological polar surface area (TPSA) is 72.8 Å². The summed E-state index contributed by atoms with van der Waals surface area (Å²) in [6, 6.07) is 14.0. The monoisotopic (exact) mass is 626 g/mol. The molecule has 6 unspecified atom stereocenters. The third-order valence-electron chi connectivity index (χ3n) is 11.4. The average molecular weight is 627 g/mol. The summed E-state index contributed by atoms with van der Waals surface area (Å²) in [5.41, 5.74) is -0.803. The highest BCUT2D eigenvalue weighted by molar-refractivity contribution is 8.13. The summed E-state index contributed by atoms with van der Waals surface area (Å²) in [7, 11) is 0. The molecule has 7 rings (SSSR count). The van der Waals surface area contributed by atoms with E-state index in [4.69, 9.17) is 9.47 Å². The molecule has 0 amide bonds. The quantitative estimate of drug-likeness (QED) is 0.375. The van der Waals surface area contributed by atoms with Crippen LogP contribution in [0.25, 0.3) is 10.8 Å². The van der Waals surface area contributed by atoms with Gasteiger partial charge >= 0.3 is 6.18 Å². The van der Waals surface area contributed by atoms with Gasteiger partial charge in [0.15, 0.2) is 17.7 Å². The highest BCUT2D eigenvalue weighted by Gasteiger charge is 2.76. The molecule has 9 atom stereocenters. The lowest BCUT2D eigenvalue weighted by molar-refractivity contribution is -0.201. The number of alkyl halides is 3. The van der Waals surface area contributed by atoms with E-state index in [0.29, 0.717) is 18.6 Å². The summed E-state index contributed by atoms with van der Waals surface area (Å²) >= 11 is 1.13. The molecule has 9 heteroatoms. The number of hydrogen-bond donors (Lipinski definition) is 1. The van der Waals surface area contributed by atoms with Crippen molar-refractivity contribution in [3.63, 3.8) is 0 Å². The number of aliphatic hydroxyl groups excluding tert-OH is 1. The third-order valence-corrected chi connectivity index (χ3v) is 12.5. The smallest absolute Gasteiger partial charge is 0.389 e. The molecule has 0 aromatic heterocycles. The molecule has 2 aromatic rings. The van der Waals surface area contributed by atoms with Gasteiger partial charge in [-0.05, 0) is 66.0 Å². The van der Waals surface area contributed by atoms with Crippen LogP contribution in [0.15, 0.2) is 66.3 Å². The van der Waals surface area contributed by atoms with E-state index in [1.165, 1.54) is 0 Å². The molecule has 4 aliphatic carbocycles. The lowest BCUT2D eigenvalue weighted by Crippen LogP contribution is -2.62. The van der Waals surface area contributed by atoms with Crippen LogP contribution in [0.2, 0.25) is 0 Å². The zero-order valence-electron chi connectivity index (χ0n) is 24.8. The van der Waals surface area contributed by atoms with Crippen molar-refractivity contribution in [3.05, 3.63) is 71.8 Å². The number of rotatable bonds is 5. The first kappa shape index (κ1) is 30.2. The van der Waals surface area contributed by atoms with Crippen LogP contribution in [0.5, 0.6) is 0 Å². The van der Waals surface area contributed by atoms with Crippen molar-refractivity contribution in [3.8, 4) is 0 Å². The Labute approximate surface area is 259 Å². The molecule has 5 nitrogen and oxygen atoms in total. The fraction of sp³-hybridized carbons (Fsp3) is 0.543. The van der Waals surface area contributed by atoms with Crippen molar-refractivity contribution in [2.24, 2.45) is 28.6 Å². The first-order valence-electron chi connectivity index (χ1n) is 15.5. The number of aliphatic hydroxyl groups is 1. The number of allylic oxidation sites excluding steroid dienone is 4. The number of halogens is 3. The van der Waals surface area contributed by atoms with Crippen molar-refractivity contribution in [2.75, 3.05) is 0 Å². The van der Waals surface area contributed by atoms with Crippen molar-refractivity contribution >= 4 is 33.4 Å². The van der Waals surface area contributed by atoms with E-state index in [1.54, 1.807) is 12.2 Å². The molecule has 1 N–H and O–H groups in total. The molecular weight excluding hydrogens is 589 g/mol. The summed E-state index contributed by atoms with van der Waals surface area (Å²) < 4.78 is 52.3. The van der Waals surface area contributed by atoms with Crippen LogP contribution in [-0.4, -0.2) is 46.3 Å².